The maximum absolute atomic E-state index is 5.23. The lowest BCUT2D eigenvalue weighted by atomic mass is 10.0. The fraction of sp³-hybridized carbons (Fsp3) is 0.769. The molecule has 3 heteroatoms. The van der Waals surface area contributed by atoms with E-state index in [4.69, 9.17) is 4.84 Å². The normalized spacial score (nSPS) is 31.2. The molecule has 2 aliphatic heterocycles. The van der Waals surface area contributed by atoms with Gasteiger partial charge in [0.2, 0.25) is 0 Å². The summed E-state index contributed by atoms with van der Waals surface area (Å²) in [6.07, 6.45) is 5.67. The van der Waals surface area contributed by atoms with Crippen LogP contribution in [-0.2, 0) is 4.84 Å². The second-order valence-corrected chi connectivity index (χ2v) is 4.60. The van der Waals surface area contributed by atoms with E-state index < -0.39 is 0 Å². The van der Waals surface area contributed by atoms with E-state index in [-0.39, 0.29) is 0 Å². The number of hydrogen-bond donors (Lipinski definition) is 0. The van der Waals surface area contributed by atoms with E-state index in [0.29, 0.717) is 18.7 Å². The Balaban J connectivity index is 1.81. The van der Waals surface area contributed by atoms with Gasteiger partial charge in [0.1, 0.15) is 0 Å². The van der Waals surface area contributed by atoms with Gasteiger partial charge in [0.25, 0.3) is 0 Å². The summed E-state index contributed by atoms with van der Waals surface area (Å²) in [6.45, 7) is 2.47. The van der Waals surface area contributed by atoms with Crippen molar-refractivity contribution >= 4 is 5.71 Å². The summed E-state index contributed by atoms with van der Waals surface area (Å²) >= 11 is 0. The SMILES string of the molecule is CCC#CCON=C1C[C@H]2CC[C@@H](C1)N2C. The van der Waals surface area contributed by atoms with Crippen molar-refractivity contribution in [2.24, 2.45) is 5.16 Å². The van der Waals surface area contributed by atoms with Crippen molar-refractivity contribution in [2.45, 2.75) is 51.1 Å². The number of hydrogen-bond acceptors (Lipinski definition) is 3. The quantitative estimate of drug-likeness (QED) is 0.404. The number of fused-ring (bicyclic) bond motifs is 2. The Bertz CT molecular complexity index is 311. The van der Waals surface area contributed by atoms with E-state index >= 15 is 0 Å². The molecule has 0 N–H and O–H groups in total. The van der Waals surface area contributed by atoms with E-state index in [1.165, 1.54) is 18.6 Å². The van der Waals surface area contributed by atoms with Gasteiger partial charge in [0.05, 0.1) is 5.71 Å². The molecular weight excluding hydrogens is 200 g/mol. The van der Waals surface area contributed by atoms with Crippen LogP contribution in [0.1, 0.15) is 39.0 Å². The third kappa shape index (κ3) is 2.56. The molecule has 88 valence electrons. The van der Waals surface area contributed by atoms with Gasteiger partial charge in [-0.05, 0) is 19.9 Å². The van der Waals surface area contributed by atoms with Gasteiger partial charge in [-0.2, -0.15) is 0 Å². The topological polar surface area (TPSA) is 24.8 Å². The highest BCUT2D eigenvalue weighted by Gasteiger charge is 2.36. The van der Waals surface area contributed by atoms with E-state index in [9.17, 15) is 0 Å². The summed E-state index contributed by atoms with van der Waals surface area (Å²) in [5.41, 5.74) is 1.23. The van der Waals surface area contributed by atoms with Crippen LogP contribution in [0.5, 0.6) is 0 Å². The lowest BCUT2D eigenvalue weighted by Gasteiger charge is -2.31. The molecule has 0 unspecified atom stereocenters. The minimum atomic E-state index is 0.433. The van der Waals surface area contributed by atoms with Crippen molar-refractivity contribution in [1.29, 1.82) is 0 Å². The maximum atomic E-state index is 5.23. The second-order valence-electron chi connectivity index (χ2n) is 4.60. The Hall–Kier alpha value is -1.01. The summed E-state index contributed by atoms with van der Waals surface area (Å²) < 4.78 is 0. The van der Waals surface area contributed by atoms with E-state index in [2.05, 4.69) is 28.9 Å². The molecule has 2 aliphatic rings. The van der Waals surface area contributed by atoms with E-state index in [0.717, 1.165) is 19.3 Å². The van der Waals surface area contributed by atoms with E-state index in [1.54, 1.807) is 0 Å². The maximum Gasteiger partial charge on any atom is 0.177 e. The van der Waals surface area contributed by atoms with Crippen LogP contribution in [0, 0.1) is 11.8 Å². The van der Waals surface area contributed by atoms with Gasteiger partial charge in [0, 0.05) is 31.3 Å². The van der Waals surface area contributed by atoms with Crippen LogP contribution >= 0.6 is 0 Å². The van der Waals surface area contributed by atoms with Crippen LogP contribution in [0.25, 0.3) is 0 Å². The molecule has 2 atom stereocenters. The van der Waals surface area contributed by atoms with Crippen LogP contribution in [0.3, 0.4) is 0 Å². The highest BCUT2D eigenvalue weighted by Crippen LogP contribution is 2.32. The Labute approximate surface area is 97.8 Å². The van der Waals surface area contributed by atoms with Crippen LogP contribution in [0.4, 0.5) is 0 Å². The number of piperidine rings is 1. The fourth-order valence-electron chi connectivity index (χ4n) is 2.62. The van der Waals surface area contributed by atoms with Gasteiger partial charge in [-0.25, -0.2) is 0 Å². The fourth-order valence-corrected chi connectivity index (χ4v) is 2.62. The molecule has 0 saturated carbocycles. The van der Waals surface area contributed by atoms with Crippen LogP contribution in [0.15, 0.2) is 5.16 Å². The van der Waals surface area contributed by atoms with Crippen molar-refractivity contribution < 1.29 is 4.84 Å². The molecule has 0 spiro atoms. The molecule has 0 radical (unpaired) electrons. The molecular formula is C13H20N2O. The first-order valence-electron chi connectivity index (χ1n) is 6.16. The second kappa shape index (κ2) is 5.36. The first-order chi connectivity index (χ1) is 7.81. The van der Waals surface area contributed by atoms with Gasteiger partial charge in [-0.15, -0.1) is 0 Å². The van der Waals surface area contributed by atoms with Crippen LogP contribution < -0.4 is 0 Å². The molecule has 2 heterocycles. The first-order valence-corrected chi connectivity index (χ1v) is 6.16. The van der Waals surface area contributed by atoms with Crippen molar-refractivity contribution in [2.75, 3.05) is 13.7 Å². The predicted molar refractivity (Wildman–Crippen MR) is 65.3 cm³/mol. The summed E-state index contributed by atoms with van der Waals surface area (Å²) in [6, 6.07) is 1.39. The highest BCUT2D eigenvalue weighted by atomic mass is 16.6. The first kappa shape index (κ1) is 11.5. The molecule has 2 rings (SSSR count). The minimum absolute atomic E-state index is 0.433. The van der Waals surface area contributed by atoms with Crippen molar-refractivity contribution in [3.8, 4) is 11.8 Å². The molecule has 0 aliphatic carbocycles. The lowest BCUT2D eigenvalue weighted by Crippen LogP contribution is -2.40. The average molecular weight is 220 g/mol. The minimum Gasteiger partial charge on any atom is -0.383 e. The Morgan fingerprint density at radius 2 is 2.00 bits per heavy atom. The van der Waals surface area contributed by atoms with Crippen molar-refractivity contribution in [3.63, 3.8) is 0 Å². The van der Waals surface area contributed by atoms with E-state index in [1.807, 2.05) is 6.92 Å². The molecule has 16 heavy (non-hydrogen) atoms. The molecule has 3 nitrogen and oxygen atoms in total. The number of oxime groups is 1. The Morgan fingerprint density at radius 1 is 1.31 bits per heavy atom. The zero-order valence-corrected chi connectivity index (χ0v) is 10.2. The monoisotopic (exact) mass is 220 g/mol. The standard InChI is InChI=1S/C13H20N2O/c1-3-4-5-8-16-14-11-9-12-6-7-13(10-11)15(12)2/h12-13H,3,6-10H2,1-2H3/t12-,13+. The summed E-state index contributed by atoms with van der Waals surface area (Å²) in [5, 5.41) is 4.22. The Morgan fingerprint density at radius 3 is 2.62 bits per heavy atom. The molecule has 2 fully saturated rings. The number of rotatable bonds is 2. The molecule has 0 amide bonds. The highest BCUT2D eigenvalue weighted by molar-refractivity contribution is 5.86. The summed E-state index contributed by atoms with van der Waals surface area (Å²) in [4.78, 5) is 7.73. The molecule has 0 aromatic carbocycles. The summed E-state index contributed by atoms with van der Waals surface area (Å²) in [7, 11) is 2.23. The molecule has 0 aromatic heterocycles. The summed E-state index contributed by atoms with van der Waals surface area (Å²) in [5.74, 6) is 5.90. The van der Waals surface area contributed by atoms with Gasteiger partial charge in [-0.3, -0.25) is 4.90 Å². The molecule has 2 saturated heterocycles. The van der Waals surface area contributed by atoms with Gasteiger partial charge in [0.15, 0.2) is 6.61 Å². The zero-order chi connectivity index (χ0) is 11.4. The van der Waals surface area contributed by atoms with Crippen molar-refractivity contribution in [1.82, 2.24) is 4.90 Å². The average Bonchev–Trinajstić information content (AvgIpc) is 2.54. The lowest BCUT2D eigenvalue weighted by molar-refractivity contribution is 0.169. The third-order valence-electron chi connectivity index (χ3n) is 3.56. The molecule has 2 bridgehead atoms. The van der Waals surface area contributed by atoms with Gasteiger partial charge in [-0.1, -0.05) is 23.9 Å². The largest absolute Gasteiger partial charge is 0.383 e. The number of nitrogens with zero attached hydrogens (tertiary/aromatic N) is 2. The smallest absolute Gasteiger partial charge is 0.177 e. The Kier molecular flexibility index (Phi) is 3.84. The molecule has 0 aromatic rings. The predicted octanol–water partition coefficient (Wildman–Crippen LogP) is 2.03. The third-order valence-corrected chi connectivity index (χ3v) is 3.56. The van der Waals surface area contributed by atoms with Gasteiger partial charge < -0.3 is 4.84 Å². The van der Waals surface area contributed by atoms with Crippen molar-refractivity contribution in [3.05, 3.63) is 0 Å². The van der Waals surface area contributed by atoms with Crippen LogP contribution in [0.2, 0.25) is 0 Å². The van der Waals surface area contributed by atoms with Crippen LogP contribution in [-0.4, -0.2) is 36.3 Å². The van der Waals surface area contributed by atoms with Gasteiger partial charge >= 0.3 is 0 Å². The zero-order valence-electron chi connectivity index (χ0n) is 10.2.